The number of nitrogens with one attached hydrogen (secondary N) is 2. The summed E-state index contributed by atoms with van der Waals surface area (Å²) < 4.78 is 5.91. The summed E-state index contributed by atoms with van der Waals surface area (Å²) in [5.74, 6) is 1.14. The molecule has 1 amide bonds. The fourth-order valence-corrected chi connectivity index (χ4v) is 3.65. The zero-order valence-corrected chi connectivity index (χ0v) is 19.2. The van der Waals surface area contributed by atoms with Crippen LogP contribution in [-0.4, -0.2) is 30.0 Å². The van der Waals surface area contributed by atoms with Crippen LogP contribution in [0.2, 0.25) is 0 Å². The van der Waals surface area contributed by atoms with Gasteiger partial charge in [0.15, 0.2) is 5.75 Å². The van der Waals surface area contributed by atoms with E-state index in [-0.39, 0.29) is 40.3 Å². The van der Waals surface area contributed by atoms with E-state index < -0.39 is 10.9 Å². The van der Waals surface area contributed by atoms with Gasteiger partial charge in [-0.2, -0.15) is 0 Å². The zero-order valence-electron chi connectivity index (χ0n) is 19.2. The first-order valence-electron chi connectivity index (χ1n) is 10.6. The minimum atomic E-state index is -0.690. The summed E-state index contributed by atoms with van der Waals surface area (Å²) in [4.78, 5) is 38.2. The molecule has 2 aromatic carbocycles. The molecule has 0 aliphatic carbocycles. The Morgan fingerprint density at radius 2 is 1.81 bits per heavy atom. The fourth-order valence-electron chi connectivity index (χ4n) is 3.65. The number of aryl methyl sites for hydroxylation is 1. The number of phenolic OH excluding ortho intramolecular Hbond substituents is 1. The van der Waals surface area contributed by atoms with Crippen LogP contribution in [0.4, 0.5) is 17.1 Å². The van der Waals surface area contributed by atoms with Crippen LogP contribution < -0.4 is 21.5 Å². The van der Waals surface area contributed by atoms with Crippen molar-refractivity contribution in [3.8, 4) is 5.75 Å². The first-order chi connectivity index (χ1) is 15.1. The van der Waals surface area contributed by atoms with Crippen LogP contribution in [-0.2, 0) is 0 Å². The van der Waals surface area contributed by atoms with Crippen molar-refractivity contribution in [3.05, 3.63) is 67.4 Å². The number of nitrogens with zero attached hydrogens (tertiary/aromatic N) is 1. The number of furan rings is 1. The molecule has 1 aromatic heterocycles. The lowest BCUT2D eigenvalue weighted by molar-refractivity contribution is 0.0824. The summed E-state index contributed by atoms with van der Waals surface area (Å²) in [7, 11) is 3.15. The predicted molar refractivity (Wildman–Crippen MR) is 125 cm³/mol. The van der Waals surface area contributed by atoms with Crippen LogP contribution in [0.25, 0.3) is 0 Å². The summed E-state index contributed by atoms with van der Waals surface area (Å²) in [6.45, 7) is 8.01. The summed E-state index contributed by atoms with van der Waals surface area (Å²) in [5.41, 5.74) is 0.193. The molecule has 0 aliphatic rings. The third-order valence-electron chi connectivity index (χ3n) is 5.51. The van der Waals surface area contributed by atoms with Gasteiger partial charge in [0.05, 0.1) is 17.3 Å². The van der Waals surface area contributed by atoms with Crippen molar-refractivity contribution in [1.82, 2.24) is 4.90 Å². The van der Waals surface area contributed by atoms with Gasteiger partial charge in [0, 0.05) is 14.1 Å². The highest BCUT2D eigenvalue weighted by molar-refractivity contribution is 5.99. The minimum absolute atomic E-state index is 0.0468. The van der Waals surface area contributed by atoms with Gasteiger partial charge < -0.3 is 25.1 Å². The Hall–Kier alpha value is -3.55. The Balaban J connectivity index is 1.91. The third kappa shape index (κ3) is 4.12. The molecule has 0 radical (unpaired) electrons. The number of aromatic hydroxyl groups is 1. The van der Waals surface area contributed by atoms with Gasteiger partial charge in [0.1, 0.15) is 22.9 Å². The molecule has 0 saturated carbocycles. The van der Waals surface area contributed by atoms with Gasteiger partial charge >= 0.3 is 0 Å². The van der Waals surface area contributed by atoms with E-state index in [1.54, 1.807) is 20.2 Å². The van der Waals surface area contributed by atoms with Gasteiger partial charge in [-0.25, -0.2) is 0 Å². The molecule has 0 aliphatic heterocycles. The number of amides is 1. The van der Waals surface area contributed by atoms with Crippen LogP contribution in [0, 0.1) is 6.92 Å². The van der Waals surface area contributed by atoms with E-state index in [0.717, 1.165) is 11.3 Å². The standard InChI is InChI=1S/C24H29N3O5/c1-7-16(18-11-15(12(2)3)13(4)32-18)25-19-20(23(30)22(19)29)26-17-10-8-9-14(21(17)28)24(31)27(5)6/h8-12,16,25-26,28H,7H2,1-6H3/t16-/m1/s1. The molecule has 3 rings (SSSR count). The highest BCUT2D eigenvalue weighted by Gasteiger charge is 2.27. The van der Waals surface area contributed by atoms with E-state index in [2.05, 4.69) is 24.5 Å². The van der Waals surface area contributed by atoms with E-state index in [1.807, 2.05) is 19.9 Å². The molecule has 0 spiro atoms. The van der Waals surface area contributed by atoms with Crippen molar-refractivity contribution in [2.75, 3.05) is 24.7 Å². The van der Waals surface area contributed by atoms with Gasteiger partial charge in [0.2, 0.25) is 0 Å². The zero-order chi connectivity index (χ0) is 23.7. The normalized spacial score (nSPS) is 12.2. The van der Waals surface area contributed by atoms with Crippen molar-refractivity contribution in [3.63, 3.8) is 0 Å². The van der Waals surface area contributed by atoms with Crippen molar-refractivity contribution in [2.24, 2.45) is 0 Å². The quantitative estimate of drug-likeness (QED) is 0.359. The molecule has 170 valence electrons. The van der Waals surface area contributed by atoms with E-state index in [9.17, 15) is 19.5 Å². The predicted octanol–water partition coefficient (Wildman–Crippen LogP) is 4.02. The molecule has 3 aromatic rings. The van der Waals surface area contributed by atoms with Crippen LogP contribution in [0.15, 0.2) is 38.3 Å². The molecule has 32 heavy (non-hydrogen) atoms. The summed E-state index contributed by atoms with van der Waals surface area (Å²) in [6, 6.07) is 6.28. The number of hydrogen-bond donors (Lipinski definition) is 3. The number of phenols is 1. The fraction of sp³-hybridized carbons (Fsp3) is 0.375. The van der Waals surface area contributed by atoms with Gasteiger partial charge in [-0.3, -0.25) is 14.4 Å². The van der Waals surface area contributed by atoms with E-state index in [1.165, 1.54) is 17.0 Å². The lowest BCUT2D eigenvalue weighted by Gasteiger charge is -2.21. The van der Waals surface area contributed by atoms with Crippen molar-refractivity contribution < 1.29 is 14.3 Å². The number of rotatable bonds is 8. The second-order valence-electron chi connectivity index (χ2n) is 8.35. The number of para-hydroxylation sites is 1. The molecule has 0 bridgehead atoms. The van der Waals surface area contributed by atoms with E-state index in [0.29, 0.717) is 18.1 Å². The van der Waals surface area contributed by atoms with Gasteiger partial charge in [0.25, 0.3) is 16.8 Å². The third-order valence-corrected chi connectivity index (χ3v) is 5.51. The Morgan fingerprint density at radius 1 is 1.16 bits per heavy atom. The van der Waals surface area contributed by atoms with Crippen LogP contribution >= 0.6 is 0 Å². The molecular weight excluding hydrogens is 410 g/mol. The SMILES string of the molecule is CC[C@@H](Nc1c(Nc2cccc(C(=O)N(C)C)c2O)c(=O)c1=O)c1cc(C(C)C)c(C)o1. The Labute approximate surface area is 186 Å². The molecule has 8 heteroatoms. The Kier molecular flexibility index (Phi) is 6.43. The topological polar surface area (TPSA) is 112 Å². The minimum Gasteiger partial charge on any atom is -0.505 e. The van der Waals surface area contributed by atoms with Crippen molar-refractivity contribution in [2.45, 2.75) is 46.1 Å². The lowest BCUT2D eigenvalue weighted by atomic mass is 10.0. The largest absolute Gasteiger partial charge is 0.505 e. The number of carbonyl (C=O) groups excluding carboxylic acids is 1. The highest BCUT2D eigenvalue weighted by atomic mass is 16.3. The average Bonchev–Trinajstić information content (AvgIpc) is 3.15. The maximum Gasteiger partial charge on any atom is 0.257 e. The second kappa shape index (κ2) is 8.90. The second-order valence-corrected chi connectivity index (χ2v) is 8.35. The maximum atomic E-state index is 12.3. The van der Waals surface area contributed by atoms with Gasteiger partial charge in [-0.05, 0) is 43.0 Å². The smallest absolute Gasteiger partial charge is 0.257 e. The Morgan fingerprint density at radius 3 is 2.38 bits per heavy atom. The number of carbonyl (C=O) groups is 1. The first-order valence-corrected chi connectivity index (χ1v) is 10.6. The maximum absolute atomic E-state index is 12.3. The first kappa shape index (κ1) is 23.1. The van der Waals surface area contributed by atoms with Crippen LogP contribution in [0.3, 0.4) is 0 Å². The molecule has 3 N–H and O–H groups in total. The molecule has 1 heterocycles. The number of benzene rings is 1. The van der Waals surface area contributed by atoms with E-state index in [4.69, 9.17) is 4.42 Å². The van der Waals surface area contributed by atoms with Gasteiger partial charge in [-0.15, -0.1) is 0 Å². The number of hydrogen-bond acceptors (Lipinski definition) is 7. The Bertz CT molecular complexity index is 1220. The van der Waals surface area contributed by atoms with Gasteiger partial charge in [-0.1, -0.05) is 26.8 Å². The summed E-state index contributed by atoms with van der Waals surface area (Å²) >= 11 is 0. The summed E-state index contributed by atoms with van der Waals surface area (Å²) in [6.07, 6.45) is 0.626. The summed E-state index contributed by atoms with van der Waals surface area (Å²) in [5, 5.41) is 16.5. The van der Waals surface area contributed by atoms with Crippen LogP contribution in [0.5, 0.6) is 5.75 Å². The lowest BCUT2D eigenvalue weighted by Crippen LogP contribution is -2.37. The highest BCUT2D eigenvalue weighted by Crippen LogP contribution is 2.34. The van der Waals surface area contributed by atoms with Crippen LogP contribution in [0.1, 0.15) is 66.6 Å². The number of anilines is 3. The van der Waals surface area contributed by atoms with E-state index >= 15 is 0 Å². The molecule has 0 unspecified atom stereocenters. The molecule has 8 nitrogen and oxygen atoms in total. The molecule has 0 fully saturated rings. The molecular formula is C24H29N3O5. The molecule has 1 atom stereocenters. The monoisotopic (exact) mass is 439 g/mol. The average molecular weight is 440 g/mol. The molecule has 0 saturated heterocycles. The van der Waals surface area contributed by atoms with Crippen molar-refractivity contribution >= 4 is 23.0 Å². The van der Waals surface area contributed by atoms with Crippen molar-refractivity contribution in [1.29, 1.82) is 0 Å².